The molecule has 0 aliphatic rings. The van der Waals surface area contributed by atoms with Crippen LogP contribution in [0, 0.1) is 5.82 Å². The first-order chi connectivity index (χ1) is 7.43. The van der Waals surface area contributed by atoms with Crippen molar-refractivity contribution in [2.24, 2.45) is 0 Å². The minimum atomic E-state index is -0.628. The third-order valence-corrected chi connectivity index (χ3v) is 2.15. The summed E-state index contributed by atoms with van der Waals surface area (Å²) in [5.41, 5.74) is 0.115. The lowest BCUT2D eigenvalue weighted by Gasteiger charge is -2.23. The molecule has 0 heterocycles. The number of hydrogen-bond donors (Lipinski definition) is 2. The summed E-state index contributed by atoms with van der Waals surface area (Å²) in [4.78, 5) is 11.6. The van der Waals surface area contributed by atoms with Crippen LogP contribution in [0.1, 0.15) is 19.4 Å². The van der Waals surface area contributed by atoms with Gasteiger partial charge in [-0.05, 0) is 31.5 Å². The Kier molecular flexibility index (Phi) is 4.01. The molecule has 1 rings (SSSR count). The number of aliphatic hydroxyl groups is 1. The molecular formula is C12H16FNO2. The predicted molar refractivity (Wildman–Crippen MR) is 59.4 cm³/mol. The zero-order chi connectivity index (χ0) is 12.2. The minimum absolute atomic E-state index is 0.123. The highest BCUT2D eigenvalue weighted by atomic mass is 19.1. The number of halogens is 1. The zero-order valence-corrected chi connectivity index (χ0v) is 9.46. The van der Waals surface area contributed by atoms with E-state index in [1.54, 1.807) is 26.0 Å². The smallest absolute Gasteiger partial charge is 0.224 e. The molecule has 1 aromatic rings. The Hall–Kier alpha value is -1.42. The molecular weight excluding hydrogens is 209 g/mol. The molecule has 0 radical (unpaired) electrons. The van der Waals surface area contributed by atoms with E-state index in [0.717, 1.165) is 5.56 Å². The third-order valence-electron chi connectivity index (χ3n) is 2.15. The Bertz CT molecular complexity index is 360. The summed E-state index contributed by atoms with van der Waals surface area (Å²) < 4.78 is 12.6. The number of hydrogen-bond acceptors (Lipinski definition) is 2. The van der Waals surface area contributed by atoms with E-state index in [9.17, 15) is 9.18 Å². The van der Waals surface area contributed by atoms with Crippen LogP contribution in [0.5, 0.6) is 0 Å². The summed E-state index contributed by atoms with van der Waals surface area (Å²) in [5.74, 6) is -0.509. The largest absolute Gasteiger partial charge is 0.394 e. The van der Waals surface area contributed by atoms with E-state index >= 15 is 0 Å². The summed E-state index contributed by atoms with van der Waals surface area (Å²) in [5, 5.41) is 11.7. The minimum Gasteiger partial charge on any atom is -0.394 e. The Morgan fingerprint density at radius 1 is 1.38 bits per heavy atom. The summed E-state index contributed by atoms with van der Waals surface area (Å²) in [6, 6.07) is 5.78. The number of rotatable bonds is 4. The first-order valence-electron chi connectivity index (χ1n) is 5.09. The molecule has 0 fully saturated rings. The Morgan fingerprint density at radius 2 is 1.94 bits per heavy atom. The van der Waals surface area contributed by atoms with Crippen molar-refractivity contribution in [3.05, 3.63) is 35.6 Å². The van der Waals surface area contributed by atoms with Crippen molar-refractivity contribution >= 4 is 5.91 Å². The van der Waals surface area contributed by atoms with E-state index in [0.29, 0.717) is 0 Å². The average Bonchev–Trinajstić information content (AvgIpc) is 2.21. The molecule has 4 heteroatoms. The van der Waals surface area contributed by atoms with Crippen molar-refractivity contribution in [1.82, 2.24) is 5.32 Å². The fourth-order valence-corrected chi connectivity index (χ4v) is 1.25. The number of aliphatic hydroxyl groups excluding tert-OH is 1. The maximum absolute atomic E-state index is 12.6. The second-order valence-electron chi connectivity index (χ2n) is 4.39. The van der Waals surface area contributed by atoms with Crippen LogP contribution in [-0.4, -0.2) is 23.2 Å². The molecule has 2 N–H and O–H groups in total. The third kappa shape index (κ3) is 3.98. The molecule has 0 unspecified atom stereocenters. The number of amides is 1. The van der Waals surface area contributed by atoms with E-state index in [-0.39, 0.29) is 24.8 Å². The maximum Gasteiger partial charge on any atom is 0.224 e. The first kappa shape index (κ1) is 12.6. The van der Waals surface area contributed by atoms with E-state index in [1.165, 1.54) is 12.1 Å². The van der Waals surface area contributed by atoms with Crippen LogP contribution in [0.15, 0.2) is 24.3 Å². The fourth-order valence-electron chi connectivity index (χ4n) is 1.25. The van der Waals surface area contributed by atoms with Gasteiger partial charge in [0.25, 0.3) is 0 Å². The molecule has 16 heavy (non-hydrogen) atoms. The SMILES string of the molecule is CC(C)(CO)NC(=O)Cc1ccc(F)cc1. The van der Waals surface area contributed by atoms with Gasteiger partial charge in [0.2, 0.25) is 5.91 Å². The van der Waals surface area contributed by atoms with Gasteiger partial charge < -0.3 is 10.4 Å². The summed E-state index contributed by atoms with van der Waals surface area (Å²) >= 11 is 0. The lowest BCUT2D eigenvalue weighted by Crippen LogP contribution is -2.46. The molecule has 0 spiro atoms. The van der Waals surface area contributed by atoms with Crippen LogP contribution >= 0.6 is 0 Å². The van der Waals surface area contributed by atoms with Gasteiger partial charge in [-0.1, -0.05) is 12.1 Å². The normalized spacial score (nSPS) is 11.2. The highest BCUT2D eigenvalue weighted by Gasteiger charge is 2.18. The van der Waals surface area contributed by atoms with Crippen molar-refractivity contribution < 1.29 is 14.3 Å². The Labute approximate surface area is 94.3 Å². The second kappa shape index (κ2) is 5.07. The predicted octanol–water partition coefficient (Wildman–Crippen LogP) is 1.26. The fraction of sp³-hybridized carbons (Fsp3) is 0.417. The molecule has 1 aromatic carbocycles. The van der Waals surface area contributed by atoms with Crippen molar-refractivity contribution in [1.29, 1.82) is 0 Å². The molecule has 0 bridgehead atoms. The van der Waals surface area contributed by atoms with Crippen LogP contribution in [0.2, 0.25) is 0 Å². The van der Waals surface area contributed by atoms with Crippen molar-refractivity contribution in [3.8, 4) is 0 Å². The van der Waals surface area contributed by atoms with Gasteiger partial charge in [-0.25, -0.2) is 4.39 Å². The van der Waals surface area contributed by atoms with Gasteiger partial charge in [0.15, 0.2) is 0 Å². The maximum atomic E-state index is 12.6. The standard InChI is InChI=1S/C12H16FNO2/c1-12(2,8-15)14-11(16)7-9-3-5-10(13)6-4-9/h3-6,15H,7-8H2,1-2H3,(H,14,16). The van der Waals surface area contributed by atoms with Crippen LogP contribution in [0.3, 0.4) is 0 Å². The number of nitrogens with one attached hydrogen (secondary N) is 1. The van der Waals surface area contributed by atoms with Gasteiger partial charge in [-0.15, -0.1) is 0 Å². The highest BCUT2D eigenvalue weighted by molar-refractivity contribution is 5.79. The quantitative estimate of drug-likeness (QED) is 0.810. The number of carbonyl (C=O) groups excluding carboxylic acids is 1. The van der Waals surface area contributed by atoms with Crippen LogP contribution < -0.4 is 5.32 Å². The van der Waals surface area contributed by atoms with E-state index in [1.807, 2.05) is 0 Å². The van der Waals surface area contributed by atoms with E-state index in [4.69, 9.17) is 5.11 Å². The molecule has 0 atom stereocenters. The van der Waals surface area contributed by atoms with Gasteiger partial charge >= 0.3 is 0 Å². The van der Waals surface area contributed by atoms with Gasteiger partial charge in [-0.3, -0.25) is 4.79 Å². The van der Waals surface area contributed by atoms with Crippen molar-refractivity contribution in [2.45, 2.75) is 25.8 Å². The van der Waals surface area contributed by atoms with Crippen LogP contribution in [-0.2, 0) is 11.2 Å². The topological polar surface area (TPSA) is 49.3 Å². The van der Waals surface area contributed by atoms with Crippen molar-refractivity contribution in [2.75, 3.05) is 6.61 Å². The van der Waals surface area contributed by atoms with Gasteiger partial charge in [0.05, 0.1) is 18.6 Å². The van der Waals surface area contributed by atoms with Crippen molar-refractivity contribution in [3.63, 3.8) is 0 Å². The lowest BCUT2D eigenvalue weighted by molar-refractivity contribution is -0.122. The number of carbonyl (C=O) groups is 1. The van der Waals surface area contributed by atoms with E-state index < -0.39 is 5.54 Å². The molecule has 88 valence electrons. The van der Waals surface area contributed by atoms with Gasteiger partial charge in [-0.2, -0.15) is 0 Å². The van der Waals surface area contributed by atoms with Crippen LogP contribution in [0.4, 0.5) is 4.39 Å². The van der Waals surface area contributed by atoms with E-state index in [2.05, 4.69) is 5.32 Å². The first-order valence-corrected chi connectivity index (χ1v) is 5.09. The lowest BCUT2D eigenvalue weighted by atomic mass is 10.1. The average molecular weight is 225 g/mol. The molecule has 0 aliphatic heterocycles. The summed E-state index contributed by atoms with van der Waals surface area (Å²) in [6.45, 7) is 3.34. The molecule has 1 amide bonds. The van der Waals surface area contributed by atoms with Gasteiger partial charge in [0, 0.05) is 0 Å². The Balaban J connectivity index is 2.55. The van der Waals surface area contributed by atoms with Gasteiger partial charge in [0.1, 0.15) is 5.82 Å². The summed E-state index contributed by atoms with van der Waals surface area (Å²) in [7, 11) is 0. The van der Waals surface area contributed by atoms with Crippen LogP contribution in [0.25, 0.3) is 0 Å². The number of benzene rings is 1. The Morgan fingerprint density at radius 3 is 2.44 bits per heavy atom. The molecule has 3 nitrogen and oxygen atoms in total. The molecule has 0 saturated heterocycles. The zero-order valence-electron chi connectivity index (χ0n) is 9.46. The molecule has 0 saturated carbocycles. The highest BCUT2D eigenvalue weighted by Crippen LogP contribution is 2.05. The molecule has 0 aromatic heterocycles. The summed E-state index contributed by atoms with van der Waals surface area (Å²) in [6.07, 6.45) is 0.184. The second-order valence-corrected chi connectivity index (χ2v) is 4.39. The monoisotopic (exact) mass is 225 g/mol. The molecule has 0 aliphatic carbocycles.